The number of carbonyl (C=O) groups is 2. The van der Waals surface area contributed by atoms with E-state index < -0.39 is 0 Å². The van der Waals surface area contributed by atoms with Crippen molar-refractivity contribution in [3.05, 3.63) is 22.4 Å². The van der Waals surface area contributed by atoms with Crippen LogP contribution < -0.4 is 10.6 Å². The first-order valence-electron chi connectivity index (χ1n) is 7.30. The van der Waals surface area contributed by atoms with Crippen LogP contribution in [0.15, 0.2) is 16.7 Å². The summed E-state index contributed by atoms with van der Waals surface area (Å²) < 4.78 is 2.77. The van der Waals surface area contributed by atoms with Crippen molar-refractivity contribution in [1.29, 1.82) is 0 Å². The molecular weight excluding hydrogens is 334 g/mol. The molecule has 2 amide bonds. The molecule has 1 aromatic heterocycles. The fraction of sp³-hybridized carbons (Fsp3) is 0.600. The molecule has 1 atom stereocenters. The minimum atomic E-state index is -0.161. The monoisotopic (exact) mass is 357 g/mol. The fourth-order valence-corrected chi connectivity index (χ4v) is 2.32. The molecule has 0 fully saturated rings. The molecule has 21 heavy (non-hydrogen) atoms. The highest BCUT2D eigenvalue weighted by Crippen LogP contribution is 2.19. The number of hydrogen-bond acceptors (Lipinski definition) is 2. The number of nitrogens with one attached hydrogen (secondary N) is 2. The summed E-state index contributed by atoms with van der Waals surface area (Å²) in [5.41, 5.74) is 0.596. The first-order chi connectivity index (χ1) is 9.85. The highest BCUT2D eigenvalue weighted by molar-refractivity contribution is 9.10. The summed E-state index contributed by atoms with van der Waals surface area (Å²) in [4.78, 5) is 23.8. The highest BCUT2D eigenvalue weighted by atomic mass is 79.9. The Labute approximate surface area is 134 Å². The first-order valence-corrected chi connectivity index (χ1v) is 8.09. The lowest BCUT2D eigenvalue weighted by Crippen LogP contribution is -2.35. The predicted molar refractivity (Wildman–Crippen MR) is 87.4 cm³/mol. The standard InChI is InChI=1S/C15H24BrN3O2/c1-5-11(4)18-14(20)6-7-17-15(21)13-8-12(16)9-19(13)10(2)3/h8-11H,5-7H2,1-4H3,(H,17,21)(H,18,20). The zero-order chi connectivity index (χ0) is 16.0. The molecule has 0 aliphatic rings. The number of hydrogen-bond donors (Lipinski definition) is 2. The third-order valence-corrected chi connectivity index (χ3v) is 3.70. The van der Waals surface area contributed by atoms with Gasteiger partial charge in [0.2, 0.25) is 5.91 Å². The van der Waals surface area contributed by atoms with Gasteiger partial charge in [0.15, 0.2) is 0 Å². The maximum Gasteiger partial charge on any atom is 0.267 e. The summed E-state index contributed by atoms with van der Waals surface area (Å²) >= 11 is 3.38. The number of aromatic nitrogens is 1. The lowest BCUT2D eigenvalue weighted by atomic mass is 10.2. The number of rotatable bonds is 7. The van der Waals surface area contributed by atoms with Crippen LogP contribution in [0.2, 0.25) is 0 Å². The van der Waals surface area contributed by atoms with Crippen LogP contribution in [-0.4, -0.2) is 29.0 Å². The quantitative estimate of drug-likeness (QED) is 0.787. The Bertz CT molecular complexity index is 497. The Balaban J connectivity index is 2.49. The minimum absolute atomic E-state index is 0.0370. The summed E-state index contributed by atoms with van der Waals surface area (Å²) in [6.07, 6.45) is 3.07. The van der Waals surface area contributed by atoms with E-state index in [0.29, 0.717) is 18.7 Å². The van der Waals surface area contributed by atoms with Crippen LogP contribution in [0.4, 0.5) is 0 Å². The maximum atomic E-state index is 12.2. The van der Waals surface area contributed by atoms with Gasteiger partial charge in [-0.2, -0.15) is 0 Å². The lowest BCUT2D eigenvalue weighted by molar-refractivity contribution is -0.121. The zero-order valence-electron chi connectivity index (χ0n) is 13.1. The van der Waals surface area contributed by atoms with E-state index in [-0.39, 0.29) is 23.9 Å². The molecule has 1 rings (SSSR count). The van der Waals surface area contributed by atoms with Crippen LogP contribution in [0.25, 0.3) is 0 Å². The average Bonchev–Trinajstić information content (AvgIpc) is 2.80. The second-order valence-corrected chi connectivity index (χ2v) is 6.34. The number of amides is 2. The molecule has 0 spiro atoms. The van der Waals surface area contributed by atoms with E-state index in [1.54, 1.807) is 6.07 Å². The third kappa shape index (κ3) is 5.53. The summed E-state index contributed by atoms with van der Waals surface area (Å²) in [5.74, 6) is -0.198. The summed E-state index contributed by atoms with van der Waals surface area (Å²) in [6, 6.07) is 2.15. The van der Waals surface area contributed by atoms with Gasteiger partial charge in [0.1, 0.15) is 5.69 Å². The van der Waals surface area contributed by atoms with Gasteiger partial charge in [-0.1, -0.05) is 6.92 Å². The van der Waals surface area contributed by atoms with Crippen LogP contribution in [0.5, 0.6) is 0 Å². The van der Waals surface area contributed by atoms with Crippen molar-refractivity contribution < 1.29 is 9.59 Å². The van der Waals surface area contributed by atoms with Crippen LogP contribution in [0.3, 0.4) is 0 Å². The molecule has 118 valence electrons. The van der Waals surface area contributed by atoms with Crippen molar-refractivity contribution in [2.75, 3.05) is 6.54 Å². The Morgan fingerprint density at radius 2 is 2.00 bits per heavy atom. The fourth-order valence-electron chi connectivity index (χ4n) is 1.88. The average molecular weight is 358 g/mol. The summed E-state index contributed by atoms with van der Waals surface area (Å²) in [6.45, 7) is 8.35. The molecule has 6 heteroatoms. The SMILES string of the molecule is CCC(C)NC(=O)CCNC(=O)c1cc(Br)cn1C(C)C. The molecule has 0 saturated heterocycles. The molecule has 0 saturated carbocycles. The molecule has 2 N–H and O–H groups in total. The van der Waals surface area contributed by atoms with E-state index in [4.69, 9.17) is 0 Å². The molecule has 0 aliphatic heterocycles. The Morgan fingerprint density at radius 3 is 2.57 bits per heavy atom. The van der Waals surface area contributed by atoms with Crippen LogP contribution in [0.1, 0.15) is 57.1 Å². The van der Waals surface area contributed by atoms with Gasteiger partial charge in [0.25, 0.3) is 5.91 Å². The van der Waals surface area contributed by atoms with E-state index >= 15 is 0 Å². The molecular formula is C15H24BrN3O2. The van der Waals surface area contributed by atoms with Crippen molar-refractivity contribution >= 4 is 27.7 Å². The Kier molecular flexibility index (Phi) is 6.95. The van der Waals surface area contributed by atoms with E-state index in [1.807, 2.05) is 38.5 Å². The van der Waals surface area contributed by atoms with Gasteiger partial charge in [-0.25, -0.2) is 0 Å². The van der Waals surface area contributed by atoms with Crippen molar-refractivity contribution in [3.63, 3.8) is 0 Å². The van der Waals surface area contributed by atoms with Crippen LogP contribution >= 0.6 is 15.9 Å². The summed E-state index contributed by atoms with van der Waals surface area (Å²) in [7, 11) is 0. The van der Waals surface area contributed by atoms with Gasteiger partial charge in [-0.05, 0) is 49.2 Å². The van der Waals surface area contributed by atoms with Gasteiger partial charge < -0.3 is 15.2 Å². The van der Waals surface area contributed by atoms with Gasteiger partial charge in [-0.15, -0.1) is 0 Å². The number of carbonyl (C=O) groups excluding carboxylic acids is 2. The first kappa shape index (κ1) is 17.8. The van der Waals surface area contributed by atoms with Crippen molar-refractivity contribution in [1.82, 2.24) is 15.2 Å². The zero-order valence-corrected chi connectivity index (χ0v) is 14.7. The van der Waals surface area contributed by atoms with E-state index in [0.717, 1.165) is 10.9 Å². The molecule has 1 unspecified atom stereocenters. The summed E-state index contributed by atoms with van der Waals surface area (Å²) in [5, 5.41) is 5.66. The molecule has 0 aromatic carbocycles. The Hall–Kier alpha value is -1.30. The second-order valence-electron chi connectivity index (χ2n) is 5.43. The molecule has 0 aliphatic carbocycles. The lowest BCUT2D eigenvalue weighted by Gasteiger charge is -2.13. The molecule has 0 radical (unpaired) electrons. The predicted octanol–water partition coefficient (Wildman–Crippen LogP) is 2.87. The number of nitrogens with zero attached hydrogens (tertiary/aromatic N) is 1. The highest BCUT2D eigenvalue weighted by Gasteiger charge is 2.15. The van der Waals surface area contributed by atoms with Crippen LogP contribution in [-0.2, 0) is 4.79 Å². The van der Waals surface area contributed by atoms with Gasteiger partial charge in [0.05, 0.1) is 0 Å². The smallest absolute Gasteiger partial charge is 0.267 e. The van der Waals surface area contributed by atoms with Gasteiger partial charge in [-0.3, -0.25) is 9.59 Å². The Morgan fingerprint density at radius 1 is 1.33 bits per heavy atom. The third-order valence-electron chi connectivity index (χ3n) is 3.26. The van der Waals surface area contributed by atoms with Crippen molar-refractivity contribution in [2.45, 2.75) is 52.6 Å². The topological polar surface area (TPSA) is 63.1 Å². The number of halogens is 1. The molecule has 1 aromatic rings. The van der Waals surface area contributed by atoms with Crippen molar-refractivity contribution in [3.8, 4) is 0 Å². The molecule has 5 nitrogen and oxygen atoms in total. The van der Waals surface area contributed by atoms with E-state index in [1.165, 1.54) is 0 Å². The molecule has 1 heterocycles. The normalized spacial score (nSPS) is 12.3. The molecule has 0 bridgehead atoms. The van der Waals surface area contributed by atoms with E-state index in [2.05, 4.69) is 26.6 Å². The van der Waals surface area contributed by atoms with Crippen molar-refractivity contribution in [2.24, 2.45) is 0 Å². The van der Waals surface area contributed by atoms with Gasteiger partial charge in [0, 0.05) is 35.7 Å². The maximum absolute atomic E-state index is 12.2. The largest absolute Gasteiger partial charge is 0.354 e. The van der Waals surface area contributed by atoms with Gasteiger partial charge >= 0.3 is 0 Å². The minimum Gasteiger partial charge on any atom is -0.354 e. The van der Waals surface area contributed by atoms with E-state index in [9.17, 15) is 9.59 Å². The van der Waals surface area contributed by atoms with Crippen LogP contribution in [0, 0.1) is 0 Å². The second kappa shape index (κ2) is 8.22.